The standard InChI is InChI=1S/C30H62N6O2/c37-29-3-9-35-23-17-33(18-24-35,19-25-35)7-1-5-31-11-14-32(15-12-31,16-13-31)6-2-8-34-20-26-36(27-21-34,28-22-34)10-4-30-38/h37-38H,1-30H2/q+6. The van der Waals surface area contributed by atoms with Gasteiger partial charge in [0.25, 0.3) is 0 Å². The van der Waals surface area contributed by atoms with Crippen molar-refractivity contribution in [3.05, 3.63) is 0 Å². The maximum absolute atomic E-state index is 9.30. The van der Waals surface area contributed by atoms with Crippen LogP contribution >= 0.6 is 0 Å². The molecule has 0 aromatic carbocycles. The number of nitrogens with zero attached hydrogens (tertiary/aromatic N) is 6. The van der Waals surface area contributed by atoms with Crippen LogP contribution in [0.1, 0.15) is 25.7 Å². The van der Waals surface area contributed by atoms with E-state index >= 15 is 0 Å². The van der Waals surface area contributed by atoms with Crippen molar-refractivity contribution in [2.75, 3.05) is 170 Å². The molecule has 0 aromatic heterocycles. The van der Waals surface area contributed by atoms with Crippen LogP contribution in [-0.4, -0.2) is 207 Å². The van der Waals surface area contributed by atoms with E-state index < -0.39 is 0 Å². The second-order valence-electron chi connectivity index (χ2n) is 15.3. The van der Waals surface area contributed by atoms with Gasteiger partial charge in [0.05, 0.1) is 39.3 Å². The molecule has 9 fully saturated rings. The summed E-state index contributed by atoms with van der Waals surface area (Å²) in [5.41, 5.74) is 0. The normalized spacial score (nSPS) is 45.6. The van der Waals surface area contributed by atoms with E-state index in [1.807, 2.05) is 0 Å². The number of rotatable bonds is 14. The van der Waals surface area contributed by atoms with Crippen molar-refractivity contribution in [1.29, 1.82) is 0 Å². The lowest BCUT2D eigenvalue weighted by atomic mass is 10.0. The van der Waals surface area contributed by atoms with Crippen LogP contribution in [0.3, 0.4) is 0 Å². The monoisotopic (exact) mass is 538 g/mol. The number of fused-ring (bicyclic) bond motifs is 9. The summed E-state index contributed by atoms with van der Waals surface area (Å²) in [6.07, 6.45) is 4.86. The van der Waals surface area contributed by atoms with Crippen molar-refractivity contribution in [2.45, 2.75) is 25.7 Å². The summed E-state index contributed by atoms with van der Waals surface area (Å²) < 4.78 is 8.35. The first-order valence-electron chi connectivity index (χ1n) is 16.7. The molecule has 0 aromatic rings. The molecule has 2 N–H and O–H groups in total. The van der Waals surface area contributed by atoms with Gasteiger partial charge in [0.2, 0.25) is 0 Å². The minimum absolute atomic E-state index is 0.368. The fraction of sp³-hybridized carbons (Fsp3) is 1.00. The van der Waals surface area contributed by atoms with E-state index in [1.54, 1.807) is 0 Å². The molecule has 8 nitrogen and oxygen atoms in total. The SMILES string of the molecule is OCCC[N+]12CC[N+](CCC[N+]34CC[N+](CCC[N+]56CC[N+](CCCO)(CC5)CC6)(CC3)CC4)(CC1)CC2. The maximum atomic E-state index is 9.30. The van der Waals surface area contributed by atoms with E-state index in [9.17, 15) is 10.2 Å². The first-order chi connectivity index (χ1) is 18.4. The van der Waals surface area contributed by atoms with Gasteiger partial charge < -0.3 is 37.1 Å². The summed E-state index contributed by atoms with van der Waals surface area (Å²) in [6, 6.07) is 0. The number of piperazine rings is 9. The molecule has 0 radical (unpaired) electrons. The van der Waals surface area contributed by atoms with Crippen LogP contribution in [0, 0.1) is 0 Å². The minimum atomic E-state index is 0.368. The summed E-state index contributed by atoms with van der Waals surface area (Å²) in [6.45, 7) is 34.2. The summed E-state index contributed by atoms with van der Waals surface area (Å²) >= 11 is 0. The Morgan fingerprint density at radius 1 is 0.263 bits per heavy atom. The van der Waals surface area contributed by atoms with E-state index in [0.29, 0.717) is 13.2 Å². The molecule has 9 aliphatic rings. The third-order valence-corrected chi connectivity index (χ3v) is 13.5. The van der Waals surface area contributed by atoms with Gasteiger partial charge in [-0.05, 0) is 0 Å². The van der Waals surface area contributed by atoms with Crippen LogP contribution < -0.4 is 0 Å². The van der Waals surface area contributed by atoms with Gasteiger partial charge in [0.15, 0.2) is 0 Å². The fourth-order valence-corrected chi connectivity index (χ4v) is 10.1. The van der Waals surface area contributed by atoms with Crippen LogP contribution in [0.4, 0.5) is 0 Å². The molecule has 0 saturated carbocycles. The van der Waals surface area contributed by atoms with E-state index in [-0.39, 0.29) is 0 Å². The second kappa shape index (κ2) is 10.8. The highest BCUT2D eigenvalue weighted by atomic mass is 16.3. The molecule has 218 valence electrons. The molecule has 9 heterocycles. The topological polar surface area (TPSA) is 40.5 Å². The average Bonchev–Trinajstić information content (AvgIpc) is 2.98. The van der Waals surface area contributed by atoms with Crippen molar-refractivity contribution in [2.24, 2.45) is 0 Å². The molecule has 8 heteroatoms. The van der Waals surface area contributed by atoms with Crippen molar-refractivity contribution in [3.8, 4) is 0 Å². The molecular formula is C30H62N6O2+6. The van der Waals surface area contributed by atoms with Crippen molar-refractivity contribution in [3.63, 3.8) is 0 Å². The van der Waals surface area contributed by atoms with E-state index in [1.165, 1.54) is 197 Å². The Balaban J connectivity index is 0.910. The lowest BCUT2D eigenvalue weighted by molar-refractivity contribution is -1.09. The zero-order chi connectivity index (χ0) is 26.2. The van der Waals surface area contributed by atoms with Gasteiger partial charge >= 0.3 is 0 Å². The Hall–Kier alpha value is -0.320. The van der Waals surface area contributed by atoms with Crippen molar-refractivity contribution >= 4 is 0 Å². The van der Waals surface area contributed by atoms with Gasteiger partial charge in [0.1, 0.15) is 118 Å². The van der Waals surface area contributed by atoms with E-state index in [0.717, 1.165) is 12.8 Å². The highest BCUT2D eigenvalue weighted by Crippen LogP contribution is 2.32. The molecular weight excluding hydrogens is 476 g/mol. The molecule has 9 aliphatic heterocycles. The predicted molar refractivity (Wildman–Crippen MR) is 151 cm³/mol. The Morgan fingerprint density at radius 2 is 0.421 bits per heavy atom. The fourth-order valence-electron chi connectivity index (χ4n) is 10.1. The van der Waals surface area contributed by atoms with Crippen LogP contribution in [0.5, 0.6) is 0 Å². The van der Waals surface area contributed by atoms with Crippen LogP contribution in [0.15, 0.2) is 0 Å². The summed E-state index contributed by atoms with van der Waals surface area (Å²) in [7, 11) is 0. The van der Waals surface area contributed by atoms with Gasteiger partial charge in [-0.25, -0.2) is 0 Å². The Morgan fingerprint density at radius 3 is 0.579 bits per heavy atom. The van der Waals surface area contributed by atoms with E-state index in [2.05, 4.69) is 0 Å². The third kappa shape index (κ3) is 5.46. The molecule has 0 unspecified atom stereocenters. The molecule has 0 aliphatic carbocycles. The van der Waals surface area contributed by atoms with Crippen molar-refractivity contribution < 1.29 is 37.1 Å². The molecule has 38 heavy (non-hydrogen) atoms. The summed E-state index contributed by atoms with van der Waals surface area (Å²) in [4.78, 5) is 0. The average molecular weight is 539 g/mol. The number of quaternary nitrogens is 6. The largest absolute Gasteiger partial charge is 0.396 e. The molecule has 0 amide bonds. The zero-order valence-electron chi connectivity index (χ0n) is 24.8. The van der Waals surface area contributed by atoms with Gasteiger partial charge in [-0.1, -0.05) is 0 Å². The number of hydrogen-bond acceptors (Lipinski definition) is 2. The Kier molecular flexibility index (Phi) is 7.93. The molecule has 9 saturated heterocycles. The summed E-state index contributed by atoms with van der Waals surface area (Å²) in [5, 5.41) is 18.6. The second-order valence-corrected chi connectivity index (χ2v) is 15.3. The van der Waals surface area contributed by atoms with Gasteiger partial charge in [-0.2, -0.15) is 0 Å². The Labute approximate surface area is 233 Å². The van der Waals surface area contributed by atoms with Crippen molar-refractivity contribution in [1.82, 2.24) is 0 Å². The van der Waals surface area contributed by atoms with Crippen LogP contribution in [-0.2, 0) is 0 Å². The highest BCUT2D eigenvalue weighted by molar-refractivity contribution is 4.67. The molecule has 6 bridgehead atoms. The number of hydrogen-bond donors (Lipinski definition) is 2. The molecule has 0 atom stereocenters. The van der Waals surface area contributed by atoms with E-state index in [4.69, 9.17) is 0 Å². The van der Waals surface area contributed by atoms with Gasteiger partial charge in [-0.15, -0.1) is 0 Å². The van der Waals surface area contributed by atoms with Crippen LogP contribution in [0.25, 0.3) is 0 Å². The molecule has 0 spiro atoms. The van der Waals surface area contributed by atoms with Gasteiger partial charge in [-0.3, -0.25) is 0 Å². The van der Waals surface area contributed by atoms with Gasteiger partial charge in [0, 0.05) is 38.9 Å². The third-order valence-electron chi connectivity index (χ3n) is 13.5. The lowest BCUT2D eigenvalue weighted by Gasteiger charge is -2.57. The highest BCUT2D eigenvalue weighted by Gasteiger charge is 2.52. The summed E-state index contributed by atoms with van der Waals surface area (Å²) in [5.74, 6) is 0. The first-order valence-corrected chi connectivity index (χ1v) is 16.7. The smallest absolute Gasteiger partial charge is 0.129 e. The predicted octanol–water partition coefficient (Wildman–Crippen LogP) is -0.486. The quantitative estimate of drug-likeness (QED) is 0.293. The Bertz CT molecular complexity index is 681. The lowest BCUT2D eigenvalue weighted by Crippen LogP contribution is -2.77. The first kappa shape index (κ1) is 27.8. The zero-order valence-corrected chi connectivity index (χ0v) is 24.8. The number of aliphatic hydroxyl groups is 2. The minimum Gasteiger partial charge on any atom is -0.396 e. The van der Waals surface area contributed by atoms with Crippen LogP contribution in [0.2, 0.25) is 0 Å². The molecule has 9 rings (SSSR count). The maximum Gasteiger partial charge on any atom is 0.129 e. The number of aliphatic hydroxyl groups excluding tert-OH is 2.